The SMILES string of the molecule is CC#CC(C)C(C)c1ccccn1. The standard InChI is InChI=1S/C12H15N/c1-4-7-10(2)11(3)12-8-5-6-9-13-12/h5-6,8-11H,1-3H3. The van der Waals surface area contributed by atoms with Gasteiger partial charge in [0, 0.05) is 23.7 Å². The van der Waals surface area contributed by atoms with Crippen LogP contribution in [0.5, 0.6) is 0 Å². The third-order valence-corrected chi connectivity index (χ3v) is 2.28. The van der Waals surface area contributed by atoms with Crippen LogP contribution >= 0.6 is 0 Å². The Kier molecular flexibility index (Phi) is 3.52. The van der Waals surface area contributed by atoms with Crippen molar-refractivity contribution < 1.29 is 0 Å². The molecule has 0 aliphatic rings. The lowest BCUT2D eigenvalue weighted by molar-refractivity contribution is 0.594. The molecule has 1 heterocycles. The summed E-state index contributed by atoms with van der Waals surface area (Å²) in [5.41, 5.74) is 1.12. The van der Waals surface area contributed by atoms with Crippen LogP contribution < -0.4 is 0 Å². The minimum atomic E-state index is 0.375. The normalized spacial score (nSPS) is 14.1. The van der Waals surface area contributed by atoms with Gasteiger partial charge >= 0.3 is 0 Å². The molecule has 2 atom stereocenters. The third-order valence-electron chi connectivity index (χ3n) is 2.28. The van der Waals surface area contributed by atoms with Crippen molar-refractivity contribution in [2.75, 3.05) is 0 Å². The minimum Gasteiger partial charge on any atom is -0.261 e. The molecule has 0 saturated carbocycles. The Balaban J connectivity index is 2.77. The van der Waals surface area contributed by atoms with E-state index in [9.17, 15) is 0 Å². The summed E-state index contributed by atoms with van der Waals surface area (Å²) < 4.78 is 0. The quantitative estimate of drug-likeness (QED) is 0.627. The first kappa shape index (κ1) is 9.80. The maximum atomic E-state index is 4.31. The Bertz CT molecular complexity index is 305. The smallest absolute Gasteiger partial charge is 0.0443 e. The van der Waals surface area contributed by atoms with Gasteiger partial charge in [0.25, 0.3) is 0 Å². The fourth-order valence-electron chi connectivity index (χ4n) is 1.25. The third kappa shape index (κ3) is 2.59. The molecule has 1 heteroatoms. The van der Waals surface area contributed by atoms with Crippen LogP contribution in [0.1, 0.15) is 32.4 Å². The van der Waals surface area contributed by atoms with Crippen LogP contribution in [0.25, 0.3) is 0 Å². The van der Waals surface area contributed by atoms with Gasteiger partial charge in [-0.15, -0.1) is 5.92 Å². The number of pyridine rings is 1. The second kappa shape index (κ2) is 4.67. The number of aromatic nitrogens is 1. The molecule has 0 amide bonds. The average molecular weight is 173 g/mol. The lowest BCUT2D eigenvalue weighted by atomic mass is 9.93. The fourth-order valence-corrected chi connectivity index (χ4v) is 1.25. The van der Waals surface area contributed by atoms with Crippen LogP contribution in [0.3, 0.4) is 0 Å². The van der Waals surface area contributed by atoms with E-state index >= 15 is 0 Å². The predicted molar refractivity (Wildman–Crippen MR) is 55.3 cm³/mol. The van der Waals surface area contributed by atoms with Gasteiger partial charge in [0.15, 0.2) is 0 Å². The Hall–Kier alpha value is -1.29. The maximum Gasteiger partial charge on any atom is 0.0443 e. The van der Waals surface area contributed by atoms with Crippen LogP contribution in [0.15, 0.2) is 24.4 Å². The van der Waals surface area contributed by atoms with Gasteiger partial charge in [0.05, 0.1) is 0 Å². The largest absolute Gasteiger partial charge is 0.261 e. The Morgan fingerprint density at radius 3 is 2.62 bits per heavy atom. The summed E-state index contributed by atoms with van der Waals surface area (Å²) in [7, 11) is 0. The van der Waals surface area contributed by atoms with E-state index in [0.29, 0.717) is 11.8 Å². The van der Waals surface area contributed by atoms with E-state index in [1.54, 1.807) is 0 Å². The number of hydrogen-bond donors (Lipinski definition) is 0. The van der Waals surface area contributed by atoms with Crippen molar-refractivity contribution >= 4 is 0 Å². The number of hydrogen-bond acceptors (Lipinski definition) is 1. The molecule has 0 saturated heterocycles. The van der Waals surface area contributed by atoms with Crippen LogP contribution in [-0.4, -0.2) is 4.98 Å². The van der Waals surface area contributed by atoms with Gasteiger partial charge < -0.3 is 0 Å². The summed E-state index contributed by atoms with van der Waals surface area (Å²) in [5.74, 6) is 6.88. The van der Waals surface area contributed by atoms with Crippen molar-refractivity contribution in [2.24, 2.45) is 5.92 Å². The van der Waals surface area contributed by atoms with Crippen molar-refractivity contribution in [3.63, 3.8) is 0 Å². The summed E-state index contributed by atoms with van der Waals surface area (Å²) in [4.78, 5) is 4.31. The fraction of sp³-hybridized carbons (Fsp3) is 0.417. The Labute approximate surface area is 80.2 Å². The van der Waals surface area contributed by atoms with Crippen molar-refractivity contribution in [1.82, 2.24) is 4.98 Å². The highest BCUT2D eigenvalue weighted by molar-refractivity contribution is 5.14. The summed E-state index contributed by atoms with van der Waals surface area (Å²) in [5, 5.41) is 0. The molecule has 0 N–H and O–H groups in total. The first-order valence-corrected chi connectivity index (χ1v) is 4.59. The zero-order chi connectivity index (χ0) is 9.68. The molecule has 0 aliphatic carbocycles. The lowest BCUT2D eigenvalue weighted by Gasteiger charge is -2.13. The Morgan fingerprint density at radius 2 is 2.08 bits per heavy atom. The summed E-state index contributed by atoms with van der Waals surface area (Å²) in [6.45, 7) is 6.18. The summed E-state index contributed by atoms with van der Waals surface area (Å²) in [6, 6.07) is 6.01. The van der Waals surface area contributed by atoms with Gasteiger partial charge in [-0.3, -0.25) is 4.98 Å². The highest BCUT2D eigenvalue weighted by Gasteiger charge is 2.12. The molecule has 1 nitrogen and oxygen atoms in total. The molecule has 13 heavy (non-hydrogen) atoms. The molecule has 0 aromatic carbocycles. The molecule has 0 bridgehead atoms. The van der Waals surface area contributed by atoms with Gasteiger partial charge in [-0.1, -0.05) is 25.8 Å². The highest BCUT2D eigenvalue weighted by atomic mass is 14.7. The molecular formula is C12H15N. The number of nitrogens with zero attached hydrogens (tertiary/aromatic N) is 1. The van der Waals surface area contributed by atoms with Crippen molar-refractivity contribution in [2.45, 2.75) is 26.7 Å². The molecule has 0 aliphatic heterocycles. The summed E-state index contributed by atoms with van der Waals surface area (Å²) in [6.07, 6.45) is 1.83. The van der Waals surface area contributed by atoms with Crippen molar-refractivity contribution in [3.8, 4) is 11.8 Å². The Morgan fingerprint density at radius 1 is 1.31 bits per heavy atom. The zero-order valence-corrected chi connectivity index (χ0v) is 8.41. The first-order valence-electron chi connectivity index (χ1n) is 4.59. The molecule has 1 aromatic heterocycles. The number of rotatable bonds is 2. The predicted octanol–water partition coefficient (Wildman–Crippen LogP) is 2.84. The van der Waals surface area contributed by atoms with E-state index in [4.69, 9.17) is 0 Å². The van der Waals surface area contributed by atoms with Gasteiger partial charge in [0.2, 0.25) is 0 Å². The van der Waals surface area contributed by atoms with E-state index < -0.39 is 0 Å². The highest BCUT2D eigenvalue weighted by Crippen LogP contribution is 2.20. The lowest BCUT2D eigenvalue weighted by Crippen LogP contribution is -2.05. The van der Waals surface area contributed by atoms with Gasteiger partial charge in [0.1, 0.15) is 0 Å². The van der Waals surface area contributed by atoms with Crippen LogP contribution in [0.4, 0.5) is 0 Å². The molecule has 0 spiro atoms. The van der Waals surface area contributed by atoms with E-state index in [2.05, 4.69) is 36.7 Å². The maximum absolute atomic E-state index is 4.31. The van der Waals surface area contributed by atoms with Gasteiger partial charge in [-0.2, -0.15) is 0 Å². The van der Waals surface area contributed by atoms with E-state index in [-0.39, 0.29) is 0 Å². The molecule has 0 fully saturated rings. The van der Waals surface area contributed by atoms with E-state index in [1.807, 2.05) is 25.3 Å². The molecule has 2 unspecified atom stereocenters. The second-order valence-corrected chi connectivity index (χ2v) is 3.23. The van der Waals surface area contributed by atoms with Gasteiger partial charge in [-0.05, 0) is 19.1 Å². The van der Waals surface area contributed by atoms with Crippen LogP contribution in [0, 0.1) is 17.8 Å². The van der Waals surface area contributed by atoms with Crippen molar-refractivity contribution in [1.29, 1.82) is 0 Å². The van der Waals surface area contributed by atoms with Crippen molar-refractivity contribution in [3.05, 3.63) is 30.1 Å². The topological polar surface area (TPSA) is 12.9 Å². The van der Waals surface area contributed by atoms with E-state index in [1.165, 1.54) is 0 Å². The first-order chi connectivity index (χ1) is 6.25. The van der Waals surface area contributed by atoms with Gasteiger partial charge in [-0.25, -0.2) is 0 Å². The van der Waals surface area contributed by atoms with Crippen LogP contribution in [0.2, 0.25) is 0 Å². The molecular weight excluding hydrogens is 158 g/mol. The minimum absolute atomic E-state index is 0.375. The molecule has 0 radical (unpaired) electrons. The molecule has 1 aromatic rings. The van der Waals surface area contributed by atoms with Crippen LogP contribution in [-0.2, 0) is 0 Å². The molecule has 68 valence electrons. The monoisotopic (exact) mass is 173 g/mol. The zero-order valence-electron chi connectivity index (χ0n) is 8.41. The average Bonchev–Trinajstić information content (AvgIpc) is 2.18. The summed E-state index contributed by atoms with van der Waals surface area (Å²) >= 11 is 0. The molecule has 1 rings (SSSR count). The second-order valence-electron chi connectivity index (χ2n) is 3.23. The van der Waals surface area contributed by atoms with E-state index in [0.717, 1.165) is 5.69 Å².